The molecular weight excluding hydrogens is 274 g/mol. The largest absolute Gasteiger partial charge is 0.343 e. The minimum atomic E-state index is -0.210. The predicted molar refractivity (Wildman–Crippen MR) is 85.0 cm³/mol. The Kier molecular flexibility index (Phi) is 13.0. The van der Waals surface area contributed by atoms with Gasteiger partial charge in [-0.2, -0.15) is 0 Å². The fourth-order valence-electron chi connectivity index (χ4n) is 2.16. The van der Waals surface area contributed by atoms with E-state index in [1.807, 2.05) is 4.90 Å². The van der Waals surface area contributed by atoms with Gasteiger partial charge in [-0.15, -0.1) is 0 Å². The lowest BCUT2D eigenvalue weighted by molar-refractivity contribution is -0.130. The lowest BCUT2D eigenvalue weighted by atomic mass is 10.2. The Morgan fingerprint density at radius 3 is 1.85 bits per heavy atom. The van der Waals surface area contributed by atoms with Crippen LogP contribution in [0.3, 0.4) is 0 Å². The van der Waals surface area contributed by atoms with E-state index in [4.69, 9.17) is 11.6 Å². The molecule has 0 atom stereocenters. The van der Waals surface area contributed by atoms with Gasteiger partial charge in [-0.05, 0) is 37.3 Å². The van der Waals surface area contributed by atoms with Gasteiger partial charge in [-0.3, -0.25) is 9.59 Å². The molecule has 0 spiro atoms. The molecular formula is C16H30ClNO2. The highest BCUT2D eigenvalue weighted by molar-refractivity contribution is 6.63. The molecule has 0 aliphatic carbocycles. The molecule has 20 heavy (non-hydrogen) atoms. The third kappa shape index (κ3) is 11.3. The number of carbonyl (C=O) groups is 2. The van der Waals surface area contributed by atoms with Gasteiger partial charge >= 0.3 is 0 Å². The predicted octanol–water partition coefficient (Wildman–Crippen LogP) is 4.52. The van der Waals surface area contributed by atoms with Crippen molar-refractivity contribution in [2.24, 2.45) is 0 Å². The fourth-order valence-corrected chi connectivity index (χ4v) is 2.30. The number of unbranched alkanes of at least 4 members (excludes halogenated alkanes) is 4. The van der Waals surface area contributed by atoms with E-state index in [-0.39, 0.29) is 5.24 Å². The summed E-state index contributed by atoms with van der Waals surface area (Å²) in [6.45, 7) is 6.27. The third-order valence-electron chi connectivity index (χ3n) is 3.43. The average molecular weight is 304 g/mol. The molecule has 0 saturated carbocycles. The lowest BCUT2D eigenvalue weighted by Crippen LogP contribution is -2.27. The van der Waals surface area contributed by atoms with Gasteiger partial charge in [0.25, 0.3) is 0 Å². The van der Waals surface area contributed by atoms with E-state index >= 15 is 0 Å². The standard InChI is InChI=1S/C10H19NO.C6H11ClO/c1-2-3-4-7-10(12)11-8-5-6-9-11;1-2-3-4-5-6(7)8/h2-9H2,1H3;2-5H2,1H3. The van der Waals surface area contributed by atoms with Crippen LogP contribution in [-0.4, -0.2) is 29.1 Å². The molecule has 1 aliphatic rings. The molecule has 1 heterocycles. The summed E-state index contributed by atoms with van der Waals surface area (Å²) in [6, 6.07) is 0. The smallest absolute Gasteiger partial charge is 0.222 e. The van der Waals surface area contributed by atoms with Gasteiger partial charge in [-0.25, -0.2) is 0 Å². The molecule has 0 bridgehead atoms. The first-order chi connectivity index (χ1) is 9.61. The Morgan fingerprint density at radius 2 is 1.40 bits per heavy atom. The maximum Gasteiger partial charge on any atom is 0.222 e. The van der Waals surface area contributed by atoms with Crippen molar-refractivity contribution in [1.29, 1.82) is 0 Å². The van der Waals surface area contributed by atoms with Crippen molar-refractivity contribution in [3.63, 3.8) is 0 Å². The van der Waals surface area contributed by atoms with Gasteiger partial charge in [-0.1, -0.05) is 39.5 Å². The number of amides is 1. The molecule has 3 nitrogen and oxygen atoms in total. The minimum absolute atomic E-state index is 0.210. The summed E-state index contributed by atoms with van der Waals surface area (Å²) < 4.78 is 0. The van der Waals surface area contributed by atoms with E-state index in [0.717, 1.165) is 45.2 Å². The second kappa shape index (κ2) is 13.4. The van der Waals surface area contributed by atoms with E-state index in [9.17, 15) is 9.59 Å². The lowest BCUT2D eigenvalue weighted by Gasteiger charge is -2.14. The molecule has 0 radical (unpaired) electrons. The monoisotopic (exact) mass is 303 g/mol. The van der Waals surface area contributed by atoms with E-state index in [1.54, 1.807) is 0 Å². The quantitative estimate of drug-likeness (QED) is 0.488. The third-order valence-corrected chi connectivity index (χ3v) is 3.62. The number of halogens is 1. The van der Waals surface area contributed by atoms with Gasteiger partial charge < -0.3 is 4.90 Å². The zero-order chi connectivity index (χ0) is 15.2. The molecule has 1 aliphatic heterocycles. The molecule has 0 aromatic carbocycles. The van der Waals surface area contributed by atoms with Crippen LogP contribution < -0.4 is 0 Å². The Bertz CT molecular complexity index is 263. The van der Waals surface area contributed by atoms with Gasteiger partial charge in [0.1, 0.15) is 0 Å². The zero-order valence-corrected chi connectivity index (χ0v) is 13.9. The number of hydrogen-bond donors (Lipinski definition) is 0. The normalized spacial score (nSPS) is 13.8. The van der Waals surface area contributed by atoms with Crippen LogP contribution in [0.4, 0.5) is 0 Å². The number of nitrogens with zero attached hydrogens (tertiary/aromatic N) is 1. The van der Waals surface area contributed by atoms with Crippen LogP contribution in [-0.2, 0) is 9.59 Å². The van der Waals surface area contributed by atoms with Crippen molar-refractivity contribution in [1.82, 2.24) is 4.90 Å². The van der Waals surface area contributed by atoms with Crippen LogP contribution in [0.25, 0.3) is 0 Å². The van der Waals surface area contributed by atoms with E-state index < -0.39 is 0 Å². The first kappa shape index (κ1) is 19.4. The zero-order valence-electron chi connectivity index (χ0n) is 13.1. The minimum Gasteiger partial charge on any atom is -0.343 e. The topological polar surface area (TPSA) is 37.4 Å². The first-order valence-electron chi connectivity index (χ1n) is 8.07. The van der Waals surface area contributed by atoms with Crippen LogP contribution in [0.15, 0.2) is 0 Å². The number of rotatable bonds is 8. The average Bonchev–Trinajstić information content (AvgIpc) is 2.93. The van der Waals surface area contributed by atoms with Crippen molar-refractivity contribution in [3.05, 3.63) is 0 Å². The molecule has 1 fully saturated rings. The first-order valence-corrected chi connectivity index (χ1v) is 8.45. The molecule has 0 unspecified atom stereocenters. The summed E-state index contributed by atoms with van der Waals surface area (Å²) in [4.78, 5) is 23.5. The maximum absolute atomic E-state index is 11.4. The second-order valence-corrected chi connectivity index (χ2v) is 5.78. The number of likely N-dealkylation sites (tertiary alicyclic amines) is 1. The van der Waals surface area contributed by atoms with Crippen molar-refractivity contribution in [2.75, 3.05) is 13.1 Å². The molecule has 0 N–H and O–H groups in total. The van der Waals surface area contributed by atoms with E-state index in [0.29, 0.717) is 12.3 Å². The molecule has 0 aromatic heterocycles. The van der Waals surface area contributed by atoms with Gasteiger partial charge in [0.2, 0.25) is 11.1 Å². The Balaban J connectivity index is 0.000000396. The van der Waals surface area contributed by atoms with Gasteiger partial charge in [0.05, 0.1) is 0 Å². The van der Waals surface area contributed by atoms with Crippen molar-refractivity contribution >= 4 is 22.8 Å². The Labute approximate surface area is 129 Å². The summed E-state index contributed by atoms with van der Waals surface area (Å²) in [6.07, 6.45) is 10.4. The highest BCUT2D eigenvalue weighted by atomic mass is 35.5. The van der Waals surface area contributed by atoms with Crippen LogP contribution >= 0.6 is 11.6 Å². The highest BCUT2D eigenvalue weighted by Gasteiger charge is 2.16. The molecule has 1 saturated heterocycles. The summed E-state index contributed by atoms with van der Waals surface area (Å²) in [5.41, 5.74) is 0. The van der Waals surface area contributed by atoms with Crippen LogP contribution in [0.1, 0.15) is 78.1 Å². The van der Waals surface area contributed by atoms with Gasteiger partial charge in [0, 0.05) is 25.9 Å². The van der Waals surface area contributed by atoms with E-state index in [1.165, 1.54) is 25.7 Å². The number of hydrogen-bond acceptors (Lipinski definition) is 2. The van der Waals surface area contributed by atoms with Crippen LogP contribution in [0, 0.1) is 0 Å². The molecule has 118 valence electrons. The second-order valence-electron chi connectivity index (χ2n) is 5.36. The maximum atomic E-state index is 11.4. The summed E-state index contributed by atoms with van der Waals surface area (Å²) in [5, 5.41) is -0.210. The Morgan fingerprint density at radius 1 is 0.900 bits per heavy atom. The summed E-state index contributed by atoms with van der Waals surface area (Å²) >= 11 is 5.07. The Hall–Kier alpha value is -0.570. The fraction of sp³-hybridized carbons (Fsp3) is 0.875. The molecule has 0 aromatic rings. The number of carbonyl (C=O) groups excluding carboxylic acids is 2. The van der Waals surface area contributed by atoms with E-state index in [2.05, 4.69) is 13.8 Å². The summed E-state index contributed by atoms with van der Waals surface area (Å²) in [5.74, 6) is 0.376. The SMILES string of the molecule is CCCCCC(=O)Cl.CCCCCC(=O)N1CCCC1. The molecule has 1 amide bonds. The summed E-state index contributed by atoms with van der Waals surface area (Å²) in [7, 11) is 0. The molecule has 4 heteroatoms. The van der Waals surface area contributed by atoms with Crippen molar-refractivity contribution in [2.45, 2.75) is 78.1 Å². The van der Waals surface area contributed by atoms with Gasteiger partial charge in [0.15, 0.2) is 0 Å². The van der Waals surface area contributed by atoms with Crippen LogP contribution in [0.2, 0.25) is 0 Å². The van der Waals surface area contributed by atoms with Crippen molar-refractivity contribution < 1.29 is 9.59 Å². The van der Waals surface area contributed by atoms with Crippen molar-refractivity contribution in [3.8, 4) is 0 Å². The molecule has 1 rings (SSSR count). The highest BCUT2D eigenvalue weighted by Crippen LogP contribution is 2.10. The van der Waals surface area contributed by atoms with Crippen LogP contribution in [0.5, 0.6) is 0 Å².